The van der Waals surface area contributed by atoms with Gasteiger partial charge in [0.25, 0.3) is 0 Å². The molecule has 110 valence electrons. The maximum Gasteiger partial charge on any atom is 0.176 e. The highest BCUT2D eigenvalue weighted by molar-refractivity contribution is 9.10. The number of hydrogen-bond acceptors (Lipinski definition) is 4. The molecule has 2 rings (SSSR count). The van der Waals surface area contributed by atoms with Crippen LogP contribution >= 0.6 is 15.9 Å². The second-order valence-corrected chi connectivity index (χ2v) is 6.03. The average Bonchev–Trinajstić information content (AvgIpc) is 2.86. The molecule has 0 aliphatic carbocycles. The lowest BCUT2D eigenvalue weighted by atomic mass is 10.1. The third-order valence-electron chi connectivity index (χ3n) is 3.75. The predicted octanol–water partition coefficient (Wildman–Crippen LogP) is 2.34. The Balaban J connectivity index is 1.94. The number of nitrogens with zero attached hydrogens (tertiary/aromatic N) is 1. The number of Topliss-reactive ketones (excluding diaryl/α,β-unsaturated/α-hetero) is 1. The SMILES string of the molecule is COc1ccc(C(=O)CN2CCC(CCO)C2)cc1Br. The Bertz CT molecular complexity index is 478. The molecule has 1 aliphatic heterocycles. The molecule has 1 atom stereocenters. The van der Waals surface area contributed by atoms with Crippen molar-refractivity contribution in [3.8, 4) is 5.75 Å². The number of likely N-dealkylation sites (tertiary alicyclic amines) is 1. The number of halogens is 1. The van der Waals surface area contributed by atoms with Gasteiger partial charge in [-0.1, -0.05) is 0 Å². The molecule has 1 aromatic carbocycles. The lowest BCUT2D eigenvalue weighted by molar-refractivity contribution is 0.0942. The third-order valence-corrected chi connectivity index (χ3v) is 4.37. The topological polar surface area (TPSA) is 49.8 Å². The number of rotatable bonds is 6. The van der Waals surface area contributed by atoms with Crippen molar-refractivity contribution in [2.75, 3.05) is 33.4 Å². The van der Waals surface area contributed by atoms with Gasteiger partial charge in [0.1, 0.15) is 5.75 Å². The van der Waals surface area contributed by atoms with Crippen LogP contribution in [0, 0.1) is 5.92 Å². The van der Waals surface area contributed by atoms with Crippen LogP contribution in [0.25, 0.3) is 0 Å². The molecule has 1 fully saturated rings. The first-order valence-corrected chi connectivity index (χ1v) is 7.63. The van der Waals surface area contributed by atoms with Crippen LogP contribution in [0.1, 0.15) is 23.2 Å². The summed E-state index contributed by atoms with van der Waals surface area (Å²) in [5, 5.41) is 8.95. The molecule has 0 spiro atoms. The van der Waals surface area contributed by atoms with Crippen molar-refractivity contribution in [2.24, 2.45) is 5.92 Å². The van der Waals surface area contributed by atoms with Crippen molar-refractivity contribution in [2.45, 2.75) is 12.8 Å². The highest BCUT2D eigenvalue weighted by Gasteiger charge is 2.24. The molecule has 1 unspecified atom stereocenters. The van der Waals surface area contributed by atoms with Crippen LogP contribution in [0.2, 0.25) is 0 Å². The molecule has 20 heavy (non-hydrogen) atoms. The highest BCUT2D eigenvalue weighted by atomic mass is 79.9. The van der Waals surface area contributed by atoms with E-state index in [9.17, 15) is 4.79 Å². The molecule has 0 radical (unpaired) electrons. The Morgan fingerprint density at radius 3 is 3.00 bits per heavy atom. The van der Waals surface area contributed by atoms with Gasteiger partial charge >= 0.3 is 0 Å². The van der Waals surface area contributed by atoms with Crippen LogP contribution in [0.15, 0.2) is 22.7 Å². The van der Waals surface area contributed by atoms with E-state index in [1.165, 1.54) is 0 Å². The largest absolute Gasteiger partial charge is 0.496 e. The molecule has 0 aromatic heterocycles. The summed E-state index contributed by atoms with van der Waals surface area (Å²) in [5.41, 5.74) is 0.697. The van der Waals surface area contributed by atoms with E-state index in [-0.39, 0.29) is 12.4 Å². The number of carbonyl (C=O) groups excluding carboxylic acids is 1. The van der Waals surface area contributed by atoms with Gasteiger partial charge in [-0.25, -0.2) is 0 Å². The normalized spacial score (nSPS) is 19.2. The van der Waals surface area contributed by atoms with Gasteiger partial charge in [0.05, 0.1) is 18.1 Å². The van der Waals surface area contributed by atoms with E-state index in [0.29, 0.717) is 18.0 Å². The Kier molecular flexibility index (Phi) is 5.57. The van der Waals surface area contributed by atoms with Gasteiger partial charge in [0.15, 0.2) is 5.78 Å². The monoisotopic (exact) mass is 341 g/mol. The Labute approximate surface area is 127 Å². The summed E-state index contributed by atoms with van der Waals surface area (Å²) < 4.78 is 5.96. The second kappa shape index (κ2) is 7.20. The smallest absolute Gasteiger partial charge is 0.176 e. The van der Waals surface area contributed by atoms with Crippen LogP contribution < -0.4 is 4.74 Å². The fourth-order valence-electron chi connectivity index (χ4n) is 2.61. The summed E-state index contributed by atoms with van der Waals surface area (Å²) in [7, 11) is 1.60. The van der Waals surface area contributed by atoms with E-state index in [1.807, 2.05) is 6.07 Å². The summed E-state index contributed by atoms with van der Waals surface area (Å²) in [5.74, 6) is 1.37. The van der Waals surface area contributed by atoms with Crippen LogP contribution in [0.3, 0.4) is 0 Å². The fraction of sp³-hybridized carbons (Fsp3) is 0.533. The van der Waals surface area contributed by atoms with Crippen LogP contribution in [-0.2, 0) is 0 Å². The van der Waals surface area contributed by atoms with Crippen molar-refractivity contribution in [3.63, 3.8) is 0 Å². The average molecular weight is 342 g/mol. The van der Waals surface area contributed by atoms with Gasteiger partial charge in [-0.3, -0.25) is 9.69 Å². The van der Waals surface area contributed by atoms with E-state index >= 15 is 0 Å². The van der Waals surface area contributed by atoms with Gasteiger partial charge in [-0.15, -0.1) is 0 Å². The molecule has 0 bridgehead atoms. The zero-order valence-electron chi connectivity index (χ0n) is 11.6. The summed E-state index contributed by atoms with van der Waals surface area (Å²) >= 11 is 3.40. The maximum absolute atomic E-state index is 12.3. The number of ketones is 1. The second-order valence-electron chi connectivity index (χ2n) is 5.17. The standard InChI is InChI=1S/C15H20BrNO3/c1-20-15-3-2-12(8-13(15)16)14(19)10-17-6-4-11(9-17)5-7-18/h2-3,8,11,18H,4-7,9-10H2,1H3. The first-order chi connectivity index (χ1) is 9.63. The quantitative estimate of drug-likeness (QED) is 0.807. The van der Waals surface area contributed by atoms with Crippen molar-refractivity contribution >= 4 is 21.7 Å². The maximum atomic E-state index is 12.3. The van der Waals surface area contributed by atoms with E-state index in [2.05, 4.69) is 20.8 Å². The first-order valence-electron chi connectivity index (χ1n) is 6.84. The van der Waals surface area contributed by atoms with Gasteiger partial charge in [-0.2, -0.15) is 0 Å². The zero-order valence-corrected chi connectivity index (χ0v) is 13.2. The summed E-state index contributed by atoms with van der Waals surface area (Å²) in [6.07, 6.45) is 1.90. The molecular weight excluding hydrogens is 322 g/mol. The lowest BCUT2D eigenvalue weighted by Crippen LogP contribution is -2.28. The number of methoxy groups -OCH3 is 1. The summed E-state index contributed by atoms with van der Waals surface area (Å²) in [6.45, 7) is 2.52. The Hall–Kier alpha value is -0.910. The third kappa shape index (κ3) is 3.81. The van der Waals surface area contributed by atoms with Gasteiger partial charge in [-0.05, 0) is 59.4 Å². The number of benzene rings is 1. The molecular formula is C15H20BrNO3. The number of aliphatic hydroxyl groups excluding tert-OH is 1. The van der Waals surface area contributed by atoms with Crippen molar-refractivity contribution < 1.29 is 14.6 Å². The molecule has 0 saturated carbocycles. The molecule has 4 nitrogen and oxygen atoms in total. The summed E-state index contributed by atoms with van der Waals surface area (Å²) in [4.78, 5) is 14.4. The van der Waals surface area contributed by atoms with Crippen molar-refractivity contribution in [3.05, 3.63) is 28.2 Å². The van der Waals surface area contributed by atoms with E-state index < -0.39 is 0 Å². The number of hydrogen-bond donors (Lipinski definition) is 1. The van der Waals surface area contributed by atoms with Crippen molar-refractivity contribution in [1.29, 1.82) is 0 Å². The van der Waals surface area contributed by atoms with Crippen LogP contribution in [0.5, 0.6) is 5.75 Å². The number of aliphatic hydroxyl groups is 1. The molecule has 0 amide bonds. The molecule has 5 heteroatoms. The minimum absolute atomic E-state index is 0.123. The lowest BCUT2D eigenvalue weighted by Gasteiger charge is -2.15. The highest BCUT2D eigenvalue weighted by Crippen LogP contribution is 2.26. The minimum Gasteiger partial charge on any atom is -0.496 e. The zero-order chi connectivity index (χ0) is 14.5. The summed E-state index contributed by atoms with van der Waals surface area (Å²) in [6, 6.07) is 5.41. The number of carbonyl (C=O) groups is 1. The first kappa shape index (κ1) is 15.5. The molecule has 1 aliphatic rings. The van der Waals surface area contributed by atoms with E-state index in [4.69, 9.17) is 9.84 Å². The van der Waals surface area contributed by atoms with Crippen LogP contribution in [0.4, 0.5) is 0 Å². The van der Waals surface area contributed by atoms with Crippen molar-refractivity contribution in [1.82, 2.24) is 4.90 Å². The van der Waals surface area contributed by atoms with E-state index in [0.717, 1.165) is 36.2 Å². The minimum atomic E-state index is 0.123. The van der Waals surface area contributed by atoms with Crippen LogP contribution in [-0.4, -0.2) is 49.1 Å². The molecule has 1 saturated heterocycles. The Morgan fingerprint density at radius 1 is 1.55 bits per heavy atom. The van der Waals surface area contributed by atoms with E-state index in [1.54, 1.807) is 19.2 Å². The predicted molar refractivity (Wildman–Crippen MR) is 81.3 cm³/mol. The fourth-order valence-corrected chi connectivity index (χ4v) is 3.15. The Morgan fingerprint density at radius 2 is 2.35 bits per heavy atom. The van der Waals surface area contributed by atoms with Gasteiger partial charge in [0.2, 0.25) is 0 Å². The van der Waals surface area contributed by atoms with Gasteiger partial charge < -0.3 is 9.84 Å². The molecule has 1 heterocycles. The molecule has 1 N–H and O–H groups in total. The van der Waals surface area contributed by atoms with Gasteiger partial charge in [0, 0.05) is 18.7 Å². The number of ether oxygens (including phenoxy) is 1. The molecule has 1 aromatic rings.